The summed E-state index contributed by atoms with van der Waals surface area (Å²) in [5, 5.41) is 0. The summed E-state index contributed by atoms with van der Waals surface area (Å²) in [6.45, 7) is 10.8. The fourth-order valence-electron chi connectivity index (χ4n) is 2.21. The van der Waals surface area contributed by atoms with Crippen molar-refractivity contribution >= 4 is 11.4 Å². The van der Waals surface area contributed by atoms with Gasteiger partial charge in [0.2, 0.25) is 0 Å². The zero-order valence-electron chi connectivity index (χ0n) is 11.1. The molecule has 1 rings (SSSR count). The molecule has 0 atom stereocenters. The summed E-state index contributed by atoms with van der Waals surface area (Å²) < 4.78 is 0. The Hall–Kier alpha value is -1.18. The van der Waals surface area contributed by atoms with E-state index in [0.29, 0.717) is 11.8 Å². The van der Waals surface area contributed by atoms with Crippen molar-refractivity contribution in [3.63, 3.8) is 0 Å². The highest BCUT2D eigenvalue weighted by Gasteiger charge is 2.17. The third kappa shape index (κ3) is 2.16. The molecule has 90 valence electrons. The Bertz CT molecular complexity index is 379. The van der Waals surface area contributed by atoms with Gasteiger partial charge in [-0.15, -0.1) is 0 Å². The average molecular weight is 220 g/mol. The van der Waals surface area contributed by atoms with Crippen LogP contribution in [0.5, 0.6) is 0 Å². The quantitative estimate of drug-likeness (QED) is 0.764. The maximum atomic E-state index is 6.23. The van der Waals surface area contributed by atoms with Crippen LogP contribution in [0, 0.1) is 0 Å². The summed E-state index contributed by atoms with van der Waals surface area (Å²) in [5.41, 5.74) is 17.8. The van der Waals surface area contributed by atoms with Gasteiger partial charge in [-0.1, -0.05) is 40.7 Å². The molecule has 0 aliphatic carbocycles. The van der Waals surface area contributed by atoms with Gasteiger partial charge in [-0.3, -0.25) is 0 Å². The number of benzene rings is 1. The van der Waals surface area contributed by atoms with E-state index >= 15 is 0 Å². The Morgan fingerprint density at radius 3 is 1.94 bits per heavy atom. The largest absolute Gasteiger partial charge is 0.398 e. The van der Waals surface area contributed by atoms with Crippen LogP contribution in [0.1, 0.15) is 63.1 Å². The molecule has 16 heavy (non-hydrogen) atoms. The normalized spacial score (nSPS) is 11.4. The van der Waals surface area contributed by atoms with Crippen LogP contribution in [0.3, 0.4) is 0 Å². The topological polar surface area (TPSA) is 52.0 Å². The predicted molar refractivity (Wildman–Crippen MR) is 72.8 cm³/mol. The third-order valence-electron chi connectivity index (χ3n) is 3.15. The lowest BCUT2D eigenvalue weighted by Gasteiger charge is -2.21. The van der Waals surface area contributed by atoms with E-state index in [0.717, 1.165) is 23.4 Å². The number of nitrogens with two attached hydrogens (primary N) is 2. The minimum Gasteiger partial charge on any atom is -0.398 e. The predicted octanol–water partition coefficient (Wildman–Crippen LogP) is 3.66. The number of hydrogen-bond acceptors (Lipinski definition) is 2. The van der Waals surface area contributed by atoms with Gasteiger partial charge in [0.05, 0.1) is 0 Å². The molecule has 0 radical (unpaired) electrons. The van der Waals surface area contributed by atoms with Crippen molar-refractivity contribution in [1.82, 2.24) is 0 Å². The van der Waals surface area contributed by atoms with Gasteiger partial charge in [-0.25, -0.2) is 0 Å². The minimum absolute atomic E-state index is 0.379. The lowest BCUT2D eigenvalue weighted by molar-refractivity contribution is 0.836. The van der Waals surface area contributed by atoms with Crippen LogP contribution in [-0.4, -0.2) is 0 Å². The molecule has 2 heteroatoms. The molecular weight excluding hydrogens is 196 g/mol. The molecule has 1 aromatic carbocycles. The van der Waals surface area contributed by atoms with Crippen LogP contribution in [-0.2, 0) is 6.42 Å². The summed E-state index contributed by atoms with van der Waals surface area (Å²) in [4.78, 5) is 0. The lowest BCUT2D eigenvalue weighted by atomic mass is 9.88. The summed E-state index contributed by atoms with van der Waals surface area (Å²) in [5.74, 6) is 0.826. The van der Waals surface area contributed by atoms with Crippen molar-refractivity contribution in [3.05, 3.63) is 22.8 Å². The number of anilines is 2. The van der Waals surface area contributed by atoms with Gasteiger partial charge in [0.25, 0.3) is 0 Å². The van der Waals surface area contributed by atoms with Gasteiger partial charge in [0, 0.05) is 16.9 Å². The third-order valence-corrected chi connectivity index (χ3v) is 3.15. The van der Waals surface area contributed by atoms with E-state index in [-0.39, 0.29) is 0 Å². The number of hydrogen-bond donors (Lipinski definition) is 2. The Labute approximate surface area is 99.0 Å². The standard InChI is InChI=1S/C14H24N2/c1-6-10-7-11(8(2)3)14(16)12(9(4)5)13(10)15/h7-9H,6,15-16H2,1-5H3. The van der Waals surface area contributed by atoms with Crippen LogP contribution in [0.25, 0.3) is 0 Å². The van der Waals surface area contributed by atoms with Crippen molar-refractivity contribution in [2.24, 2.45) is 0 Å². The molecule has 0 aliphatic heterocycles. The minimum atomic E-state index is 0.379. The monoisotopic (exact) mass is 220 g/mol. The second-order valence-electron chi connectivity index (χ2n) is 5.03. The highest BCUT2D eigenvalue weighted by atomic mass is 14.6. The molecule has 0 saturated carbocycles. The van der Waals surface area contributed by atoms with E-state index in [1.54, 1.807) is 0 Å². The van der Waals surface area contributed by atoms with E-state index < -0.39 is 0 Å². The molecule has 0 amide bonds. The molecule has 1 aromatic rings. The first kappa shape index (κ1) is 12.9. The fraction of sp³-hybridized carbons (Fsp3) is 0.571. The molecule has 0 fully saturated rings. The van der Waals surface area contributed by atoms with E-state index in [2.05, 4.69) is 40.7 Å². The molecule has 2 nitrogen and oxygen atoms in total. The van der Waals surface area contributed by atoms with Gasteiger partial charge >= 0.3 is 0 Å². The molecule has 0 bridgehead atoms. The average Bonchev–Trinajstić information content (AvgIpc) is 2.16. The maximum absolute atomic E-state index is 6.23. The van der Waals surface area contributed by atoms with E-state index in [1.165, 1.54) is 11.1 Å². The van der Waals surface area contributed by atoms with Crippen molar-refractivity contribution in [2.75, 3.05) is 11.5 Å². The summed E-state index contributed by atoms with van der Waals surface area (Å²) >= 11 is 0. The van der Waals surface area contributed by atoms with Gasteiger partial charge in [-0.05, 0) is 29.4 Å². The lowest BCUT2D eigenvalue weighted by Crippen LogP contribution is -2.09. The first-order valence-electron chi connectivity index (χ1n) is 6.10. The maximum Gasteiger partial charge on any atom is 0.0405 e. The van der Waals surface area contributed by atoms with Crippen LogP contribution in [0.4, 0.5) is 11.4 Å². The van der Waals surface area contributed by atoms with Crippen molar-refractivity contribution in [1.29, 1.82) is 0 Å². The summed E-state index contributed by atoms with van der Waals surface area (Å²) in [6.07, 6.45) is 0.964. The number of aryl methyl sites for hydroxylation is 1. The Balaban J connectivity index is 3.51. The number of nitrogen functional groups attached to an aromatic ring is 2. The summed E-state index contributed by atoms with van der Waals surface area (Å²) in [6, 6.07) is 2.17. The molecule has 0 heterocycles. The van der Waals surface area contributed by atoms with E-state index in [4.69, 9.17) is 11.5 Å². The molecule has 0 aromatic heterocycles. The highest BCUT2D eigenvalue weighted by molar-refractivity contribution is 5.70. The number of rotatable bonds is 3. The van der Waals surface area contributed by atoms with E-state index in [1.807, 2.05) is 0 Å². The highest BCUT2D eigenvalue weighted by Crippen LogP contribution is 2.36. The van der Waals surface area contributed by atoms with Crippen LogP contribution >= 0.6 is 0 Å². The summed E-state index contributed by atoms with van der Waals surface area (Å²) in [7, 11) is 0. The molecular formula is C14H24N2. The van der Waals surface area contributed by atoms with Crippen LogP contribution in [0.2, 0.25) is 0 Å². The fourth-order valence-corrected chi connectivity index (χ4v) is 2.21. The Morgan fingerprint density at radius 2 is 1.56 bits per heavy atom. The zero-order valence-corrected chi connectivity index (χ0v) is 11.1. The zero-order chi connectivity index (χ0) is 12.5. The molecule has 0 unspecified atom stereocenters. The molecule has 0 saturated heterocycles. The van der Waals surface area contributed by atoms with Crippen molar-refractivity contribution in [3.8, 4) is 0 Å². The van der Waals surface area contributed by atoms with E-state index in [9.17, 15) is 0 Å². The van der Waals surface area contributed by atoms with Crippen molar-refractivity contribution in [2.45, 2.75) is 52.9 Å². The molecule has 4 N–H and O–H groups in total. The van der Waals surface area contributed by atoms with Crippen LogP contribution in [0.15, 0.2) is 6.07 Å². The molecule has 0 spiro atoms. The Kier molecular flexibility index (Phi) is 3.84. The molecule has 0 aliphatic rings. The van der Waals surface area contributed by atoms with Gasteiger partial charge in [0.1, 0.15) is 0 Å². The second kappa shape index (κ2) is 4.77. The van der Waals surface area contributed by atoms with Crippen LogP contribution < -0.4 is 11.5 Å². The first-order valence-corrected chi connectivity index (χ1v) is 6.10. The first-order chi connectivity index (χ1) is 7.40. The van der Waals surface area contributed by atoms with Gasteiger partial charge in [-0.2, -0.15) is 0 Å². The SMILES string of the molecule is CCc1cc(C(C)C)c(N)c(C(C)C)c1N. The van der Waals surface area contributed by atoms with Gasteiger partial charge < -0.3 is 11.5 Å². The second-order valence-corrected chi connectivity index (χ2v) is 5.03. The smallest absolute Gasteiger partial charge is 0.0405 e. The van der Waals surface area contributed by atoms with Gasteiger partial charge in [0.15, 0.2) is 0 Å². The Morgan fingerprint density at radius 1 is 1.00 bits per heavy atom. The van der Waals surface area contributed by atoms with Crippen molar-refractivity contribution < 1.29 is 0 Å².